The maximum Gasteiger partial charge on any atom is 0.227 e. The SMILES string of the molecule is Cc1cc(NC(=O)C2CCOCC2)cnc1Cl. The van der Waals surface area contributed by atoms with Crippen LogP contribution in [0, 0.1) is 12.8 Å². The van der Waals surface area contributed by atoms with Crippen LogP contribution in [0.5, 0.6) is 0 Å². The van der Waals surface area contributed by atoms with Gasteiger partial charge in [-0.15, -0.1) is 0 Å². The molecule has 0 atom stereocenters. The number of aromatic nitrogens is 1. The lowest BCUT2D eigenvalue weighted by Gasteiger charge is -2.21. The smallest absolute Gasteiger partial charge is 0.227 e. The molecule has 1 fully saturated rings. The first kappa shape index (κ1) is 12.3. The fraction of sp³-hybridized carbons (Fsp3) is 0.500. The lowest BCUT2D eigenvalue weighted by molar-refractivity contribution is -0.122. The number of ether oxygens (including phenoxy) is 1. The fourth-order valence-corrected chi connectivity index (χ4v) is 1.93. The second-order valence-electron chi connectivity index (χ2n) is 4.21. The Morgan fingerprint density at radius 3 is 2.88 bits per heavy atom. The minimum Gasteiger partial charge on any atom is -0.381 e. The molecule has 92 valence electrons. The summed E-state index contributed by atoms with van der Waals surface area (Å²) in [5.41, 5.74) is 1.56. The number of rotatable bonds is 2. The van der Waals surface area contributed by atoms with E-state index in [4.69, 9.17) is 16.3 Å². The second-order valence-corrected chi connectivity index (χ2v) is 4.57. The number of aryl methyl sites for hydroxylation is 1. The van der Waals surface area contributed by atoms with Crippen molar-refractivity contribution in [1.82, 2.24) is 4.98 Å². The number of halogens is 1. The van der Waals surface area contributed by atoms with Gasteiger partial charge in [0.25, 0.3) is 0 Å². The average molecular weight is 255 g/mol. The van der Waals surface area contributed by atoms with Crippen LogP contribution in [0.3, 0.4) is 0 Å². The molecule has 5 heteroatoms. The van der Waals surface area contributed by atoms with Crippen molar-refractivity contribution in [2.45, 2.75) is 19.8 Å². The summed E-state index contributed by atoms with van der Waals surface area (Å²) in [6.45, 7) is 3.19. The largest absolute Gasteiger partial charge is 0.381 e. The number of carbonyl (C=O) groups is 1. The van der Waals surface area contributed by atoms with Crippen molar-refractivity contribution in [3.8, 4) is 0 Å². The molecular weight excluding hydrogens is 240 g/mol. The monoisotopic (exact) mass is 254 g/mol. The Bertz CT molecular complexity index is 417. The van der Waals surface area contributed by atoms with E-state index in [-0.39, 0.29) is 11.8 Å². The number of anilines is 1. The molecular formula is C12H15ClN2O2. The van der Waals surface area contributed by atoms with Gasteiger partial charge in [0.2, 0.25) is 5.91 Å². The zero-order valence-electron chi connectivity index (χ0n) is 9.70. The summed E-state index contributed by atoms with van der Waals surface area (Å²) < 4.78 is 5.23. The summed E-state index contributed by atoms with van der Waals surface area (Å²) in [6.07, 6.45) is 3.14. The predicted octanol–water partition coefficient (Wildman–Crippen LogP) is 2.41. The number of hydrogen-bond acceptors (Lipinski definition) is 3. The normalized spacial score (nSPS) is 16.8. The van der Waals surface area contributed by atoms with Crippen LogP contribution in [0.25, 0.3) is 0 Å². The molecule has 4 nitrogen and oxygen atoms in total. The van der Waals surface area contributed by atoms with Gasteiger partial charge in [-0.25, -0.2) is 4.98 Å². The maximum absolute atomic E-state index is 11.9. The summed E-state index contributed by atoms with van der Waals surface area (Å²) in [5, 5.41) is 3.33. The van der Waals surface area contributed by atoms with E-state index in [1.54, 1.807) is 6.20 Å². The van der Waals surface area contributed by atoms with Crippen LogP contribution >= 0.6 is 11.6 Å². The molecule has 1 N–H and O–H groups in total. The van der Waals surface area contributed by atoms with Gasteiger partial charge in [-0.3, -0.25) is 4.79 Å². The molecule has 0 aromatic carbocycles. The van der Waals surface area contributed by atoms with E-state index < -0.39 is 0 Å². The molecule has 0 aliphatic carbocycles. The molecule has 1 saturated heterocycles. The third-order valence-corrected chi connectivity index (χ3v) is 3.27. The Hall–Kier alpha value is -1.13. The molecule has 2 heterocycles. The predicted molar refractivity (Wildman–Crippen MR) is 66.2 cm³/mol. The van der Waals surface area contributed by atoms with E-state index in [0.717, 1.165) is 18.4 Å². The molecule has 1 aliphatic rings. The van der Waals surface area contributed by atoms with E-state index in [2.05, 4.69) is 10.3 Å². The Morgan fingerprint density at radius 1 is 1.53 bits per heavy atom. The molecule has 0 saturated carbocycles. The van der Waals surface area contributed by atoms with Crippen molar-refractivity contribution in [3.63, 3.8) is 0 Å². The van der Waals surface area contributed by atoms with Gasteiger partial charge in [0.15, 0.2) is 0 Å². The van der Waals surface area contributed by atoms with Crippen molar-refractivity contribution in [3.05, 3.63) is 23.0 Å². The van der Waals surface area contributed by atoms with Crippen LogP contribution in [0.4, 0.5) is 5.69 Å². The molecule has 0 unspecified atom stereocenters. The van der Waals surface area contributed by atoms with Gasteiger partial charge in [-0.1, -0.05) is 11.6 Å². The highest BCUT2D eigenvalue weighted by atomic mass is 35.5. The van der Waals surface area contributed by atoms with E-state index >= 15 is 0 Å². The minimum atomic E-state index is 0.0387. The van der Waals surface area contributed by atoms with Crippen molar-refractivity contribution in [2.24, 2.45) is 5.92 Å². The van der Waals surface area contributed by atoms with E-state index in [1.807, 2.05) is 13.0 Å². The molecule has 1 amide bonds. The topological polar surface area (TPSA) is 51.2 Å². The van der Waals surface area contributed by atoms with Gasteiger partial charge in [0, 0.05) is 19.1 Å². The second kappa shape index (κ2) is 5.47. The van der Waals surface area contributed by atoms with Crippen LogP contribution in [0.15, 0.2) is 12.3 Å². The van der Waals surface area contributed by atoms with E-state index in [9.17, 15) is 4.79 Å². The van der Waals surface area contributed by atoms with Crippen LogP contribution in [0.1, 0.15) is 18.4 Å². The first-order valence-corrected chi connectivity index (χ1v) is 6.05. The molecule has 1 aromatic rings. The Labute approximate surface area is 105 Å². The first-order valence-electron chi connectivity index (χ1n) is 5.67. The number of amides is 1. The lowest BCUT2D eigenvalue weighted by Crippen LogP contribution is -2.28. The molecule has 1 aromatic heterocycles. The summed E-state index contributed by atoms with van der Waals surface area (Å²) in [7, 11) is 0. The average Bonchev–Trinajstić information content (AvgIpc) is 2.35. The summed E-state index contributed by atoms with van der Waals surface area (Å²) in [4.78, 5) is 15.9. The van der Waals surface area contributed by atoms with Gasteiger partial charge in [0.1, 0.15) is 5.15 Å². The summed E-state index contributed by atoms with van der Waals surface area (Å²) in [5.74, 6) is 0.0801. The number of hydrogen-bond donors (Lipinski definition) is 1. The highest BCUT2D eigenvalue weighted by Gasteiger charge is 2.21. The fourth-order valence-electron chi connectivity index (χ4n) is 1.83. The van der Waals surface area contributed by atoms with Gasteiger partial charge < -0.3 is 10.1 Å². The zero-order valence-corrected chi connectivity index (χ0v) is 10.5. The molecule has 0 radical (unpaired) electrons. The molecule has 2 rings (SSSR count). The van der Waals surface area contributed by atoms with Gasteiger partial charge in [-0.05, 0) is 31.4 Å². The van der Waals surface area contributed by atoms with Crippen molar-refractivity contribution >= 4 is 23.2 Å². The van der Waals surface area contributed by atoms with Gasteiger partial charge in [-0.2, -0.15) is 0 Å². The minimum absolute atomic E-state index is 0.0387. The number of nitrogens with one attached hydrogen (secondary N) is 1. The van der Waals surface area contributed by atoms with E-state index in [0.29, 0.717) is 24.1 Å². The molecule has 1 aliphatic heterocycles. The van der Waals surface area contributed by atoms with Gasteiger partial charge >= 0.3 is 0 Å². The lowest BCUT2D eigenvalue weighted by atomic mass is 9.99. The Kier molecular flexibility index (Phi) is 3.97. The summed E-state index contributed by atoms with van der Waals surface area (Å²) in [6, 6.07) is 1.83. The van der Waals surface area contributed by atoms with Crippen LogP contribution in [-0.4, -0.2) is 24.1 Å². The Balaban J connectivity index is 1.99. The number of pyridine rings is 1. The highest BCUT2D eigenvalue weighted by molar-refractivity contribution is 6.30. The highest BCUT2D eigenvalue weighted by Crippen LogP contribution is 2.19. The summed E-state index contributed by atoms with van der Waals surface area (Å²) >= 11 is 5.83. The zero-order chi connectivity index (χ0) is 12.3. The first-order chi connectivity index (χ1) is 8.16. The van der Waals surface area contributed by atoms with Crippen molar-refractivity contribution in [2.75, 3.05) is 18.5 Å². The van der Waals surface area contributed by atoms with Crippen LogP contribution in [0.2, 0.25) is 5.15 Å². The number of nitrogens with zero attached hydrogens (tertiary/aromatic N) is 1. The third-order valence-electron chi connectivity index (χ3n) is 2.87. The van der Waals surface area contributed by atoms with Crippen LogP contribution in [-0.2, 0) is 9.53 Å². The standard InChI is InChI=1S/C12H15ClN2O2/c1-8-6-10(7-14-11(8)13)15-12(16)9-2-4-17-5-3-9/h6-7,9H,2-5H2,1H3,(H,15,16). The maximum atomic E-state index is 11.9. The number of carbonyl (C=O) groups excluding carboxylic acids is 1. The Morgan fingerprint density at radius 2 is 2.24 bits per heavy atom. The quantitative estimate of drug-likeness (QED) is 0.825. The van der Waals surface area contributed by atoms with Crippen molar-refractivity contribution < 1.29 is 9.53 Å². The molecule has 17 heavy (non-hydrogen) atoms. The van der Waals surface area contributed by atoms with Crippen molar-refractivity contribution in [1.29, 1.82) is 0 Å². The van der Waals surface area contributed by atoms with Crippen LogP contribution < -0.4 is 5.32 Å². The van der Waals surface area contributed by atoms with Gasteiger partial charge in [0.05, 0.1) is 11.9 Å². The third kappa shape index (κ3) is 3.17. The van der Waals surface area contributed by atoms with E-state index in [1.165, 1.54) is 0 Å². The molecule has 0 spiro atoms. The molecule has 0 bridgehead atoms.